The van der Waals surface area contributed by atoms with E-state index in [0.717, 1.165) is 10.5 Å². The van der Waals surface area contributed by atoms with Crippen LogP contribution in [0.1, 0.15) is 53.5 Å². The van der Waals surface area contributed by atoms with Gasteiger partial charge in [-0.1, -0.05) is 30.3 Å². The van der Waals surface area contributed by atoms with E-state index in [-0.39, 0.29) is 37.5 Å². The van der Waals surface area contributed by atoms with Crippen molar-refractivity contribution in [2.75, 3.05) is 6.54 Å². The number of likely N-dealkylation sites (tertiary alicyclic amines) is 1. The minimum Gasteiger partial charge on any atom is -0.324 e. The molecule has 0 bridgehead atoms. The lowest BCUT2D eigenvalue weighted by molar-refractivity contribution is -0.169. The Balaban J connectivity index is 1.64. The molecule has 9 heteroatoms. The molecule has 0 N–H and O–H groups in total. The molecule has 2 aliphatic heterocycles. The van der Waals surface area contributed by atoms with Crippen molar-refractivity contribution in [1.82, 2.24) is 19.7 Å². The first kappa shape index (κ1) is 17.0. The minimum atomic E-state index is -4.50. The Bertz CT molecular complexity index is 820. The van der Waals surface area contributed by atoms with E-state index in [0.29, 0.717) is 0 Å². The highest BCUT2D eigenvalue weighted by atomic mass is 19.4. The quantitative estimate of drug-likeness (QED) is 0.763. The van der Waals surface area contributed by atoms with Crippen molar-refractivity contribution in [3.05, 3.63) is 47.5 Å². The van der Waals surface area contributed by atoms with Crippen LogP contribution in [0.15, 0.2) is 30.3 Å². The molecule has 1 aromatic carbocycles. The predicted molar refractivity (Wildman–Crippen MR) is 83.2 cm³/mol. The second kappa shape index (κ2) is 6.07. The van der Waals surface area contributed by atoms with Gasteiger partial charge in [-0.15, -0.1) is 5.10 Å². The summed E-state index contributed by atoms with van der Waals surface area (Å²) in [7, 11) is 0. The Morgan fingerprint density at radius 3 is 2.62 bits per heavy atom. The molecule has 0 aliphatic carbocycles. The van der Waals surface area contributed by atoms with Gasteiger partial charge in [0.15, 0.2) is 12.0 Å². The molecule has 1 saturated heterocycles. The molecule has 1 amide bonds. The summed E-state index contributed by atoms with van der Waals surface area (Å²) in [5.74, 6) is -1.28. The number of benzene rings is 1. The average Bonchev–Trinajstić information content (AvgIpc) is 3.31. The number of fused-ring (bicyclic) bond motifs is 1. The number of hydrogen-bond acceptors (Lipinski definition) is 3. The van der Waals surface area contributed by atoms with Gasteiger partial charge in [-0.25, -0.2) is 14.1 Å². The summed E-state index contributed by atoms with van der Waals surface area (Å²) < 4.78 is 55.0. The molecule has 1 aromatic heterocycles. The van der Waals surface area contributed by atoms with Gasteiger partial charge in [0.25, 0.3) is 5.91 Å². The fraction of sp³-hybridized carbons (Fsp3) is 0.471. The van der Waals surface area contributed by atoms with E-state index in [1.165, 1.54) is 4.68 Å². The maximum Gasteiger partial charge on any atom is 0.408 e. The number of hydrogen-bond donors (Lipinski definition) is 0. The fourth-order valence-electron chi connectivity index (χ4n) is 3.70. The highest BCUT2D eigenvalue weighted by Gasteiger charge is 2.49. The molecule has 5 nitrogen and oxygen atoms in total. The smallest absolute Gasteiger partial charge is 0.324 e. The number of nitrogens with zero attached hydrogens (tertiary/aromatic N) is 4. The third-order valence-corrected chi connectivity index (χ3v) is 4.93. The lowest BCUT2D eigenvalue weighted by atomic mass is 10.0. The third-order valence-electron chi connectivity index (χ3n) is 4.93. The maximum atomic E-state index is 14.3. The van der Waals surface area contributed by atoms with Crippen molar-refractivity contribution in [3.8, 4) is 0 Å². The van der Waals surface area contributed by atoms with Crippen LogP contribution in [0.25, 0.3) is 0 Å². The van der Waals surface area contributed by atoms with Crippen LogP contribution in [0.3, 0.4) is 0 Å². The van der Waals surface area contributed by atoms with Crippen LogP contribution in [0.2, 0.25) is 0 Å². The van der Waals surface area contributed by atoms with Crippen LogP contribution in [-0.2, 0) is 0 Å². The monoisotopic (exact) mass is 368 g/mol. The van der Waals surface area contributed by atoms with Crippen molar-refractivity contribution in [1.29, 1.82) is 0 Å². The summed E-state index contributed by atoms with van der Waals surface area (Å²) in [6.45, 7) is -0.00590. The first-order valence-corrected chi connectivity index (χ1v) is 8.39. The Labute approximate surface area is 146 Å². The molecule has 4 rings (SSSR count). The summed E-state index contributed by atoms with van der Waals surface area (Å²) in [5, 5.41) is 4.07. The molecule has 1 fully saturated rings. The van der Waals surface area contributed by atoms with Gasteiger partial charge >= 0.3 is 6.18 Å². The van der Waals surface area contributed by atoms with Crippen molar-refractivity contribution in [2.45, 2.75) is 43.7 Å². The molecule has 0 saturated carbocycles. The van der Waals surface area contributed by atoms with Crippen LogP contribution in [0.5, 0.6) is 0 Å². The van der Waals surface area contributed by atoms with Gasteiger partial charge in [-0.05, 0) is 18.4 Å². The zero-order valence-electron chi connectivity index (χ0n) is 13.7. The molecule has 26 heavy (non-hydrogen) atoms. The average molecular weight is 368 g/mol. The first-order valence-electron chi connectivity index (χ1n) is 8.39. The van der Waals surface area contributed by atoms with Gasteiger partial charge in [0.1, 0.15) is 6.04 Å². The van der Waals surface area contributed by atoms with Crippen molar-refractivity contribution >= 4 is 5.91 Å². The molecular weight excluding hydrogens is 352 g/mol. The highest BCUT2D eigenvalue weighted by Crippen LogP contribution is 2.40. The number of aromatic nitrogens is 3. The predicted octanol–water partition coefficient (Wildman–Crippen LogP) is 3.45. The largest absolute Gasteiger partial charge is 0.408 e. The third kappa shape index (κ3) is 2.75. The SMILES string of the molecule is O=C(c1nc2n(n1)[C@H](c1ccccc1)C[C@@H]2F)N1CCC[C@H]1C(F)(F)F. The summed E-state index contributed by atoms with van der Waals surface area (Å²) in [6, 6.07) is 6.81. The van der Waals surface area contributed by atoms with Crippen molar-refractivity contribution in [3.63, 3.8) is 0 Å². The Morgan fingerprint density at radius 2 is 1.92 bits per heavy atom. The van der Waals surface area contributed by atoms with Crippen molar-refractivity contribution in [2.24, 2.45) is 0 Å². The topological polar surface area (TPSA) is 51.0 Å². The molecule has 3 atom stereocenters. The van der Waals surface area contributed by atoms with Gasteiger partial charge in [0, 0.05) is 13.0 Å². The van der Waals surface area contributed by atoms with Crippen LogP contribution in [-0.4, -0.2) is 44.3 Å². The lowest BCUT2D eigenvalue weighted by Gasteiger charge is -2.25. The van der Waals surface area contributed by atoms with E-state index >= 15 is 0 Å². The molecule has 0 spiro atoms. The van der Waals surface area contributed by atoms with E-state index < -0.39 is 30.3 Å². The van der Waals surface area contributed by atoms with E-state index in [1.54, 1.807) is 0 Å². The van der Waals surface area contributed by atoms with E-state index in [1.807, 2.05) is 30.3 Å². The summed E-state index contributed by atoms with van der Waals surface area (Å²) in [6.07, 6.45) is -5.64. The normalized spacial score (nSPS) is 25.5. The number of rotatable bonds is 2. The molecular formula is C17H16F4N4O. The van der Waals surface area contributed by atoms with Gasteiger partial charge in [0.2, 0.25) is 5.82 Å². The van der Waals surface area contributed by atoms with Crippen LogP contribution in [0.4, 0.5) is 17.6 Å². The van der Waals surface area contributed by atoms with E-state index in [9.17, 15) is 22.4 Å². The Morgan fingerprint density at radius 1 is 1.19 bits per heavy atom. The lowest BCUT2D eigenvalue weighted by Crippen LogP contribution is -2.45. The zero-order chi connectivity index (χ0) is 18.5. The van der Waals surface area contributed by atoms with E-state index in [4.69, 9.17) is 0 Å². The standard InChI is InChI=1S/C17H16F4N4O/c18-11-9-12(10-5-2-1-3-6-10)25-15(11)22-14(23-25)16(26)24-8-4-7-13(24)17(19,20)21/h1-3,5-6,11-13H,4,7-9H2/t11-,12-,13-/m0/s1. The van der Waals surface area contributed by atoms with Crippen LogP contribution in [0, 0.1) is 0 Å². The number of carbonyl (C=O) groups excluding carboxylic acids is 1. The highest BCUT2D eigenvalue weighted by molar-refractivity contribution is 5.91. The number of amides is 1. The molecule has 2 aliphatic rings. The Kier molecular flexibility index (Phi) is 3.96. The second-order valence-corrected chi connectivity index (χ2v) is 6.57. The van der Waals surface area contributed by atoms with Gasteiger partial charge in [0.05, 0.1) is 6.04 Å². The number of alkyl halides is 4. The first-order chi connectivity index (χ1) is 12.4. The van der Waals surface area contributed by atoms with E-state index in [2.05, 4.69) is 10.1 Å². The maximum absolute atomic E-state index is 14.3. The molecule has 2 aromatic rings. The molecule has 0 radical (unpaired) electrons. The van der Waals surface area contributed by atoms with Crippen LogP contribution >= 0.6 is 0 Å². The molecule has 3 heterocycles. The summed E-state index contributed by atoms with van der Waals surface area (Å²) in [5.41, 5.74) is 0.812. The fourth-order valence-corrected chi connectivity index (χ4v) is 3.70. The van der Waals surface area contributed by atoms with Gasteiger partial charge in [-0.3, -0.25) is 4.79 Å². The van der Waals surface area contributed by atoms with Gasteiger partial charge < -0.3 is 4.90 Å². The molecule has 0 unspecified atom stereocenters. The van der Waals surface area contributed by atoms with Gasteiger partial charge in [-0.2, -0.15) is 13.2 Å². The second-order valence-electron chi connectivity index (χ2n) is 6.57. The zero-order valence-corrected chi connectivity index (χ0v) is 13.7. The molecule has 138 valence electrons. The number of halogens is 4. The number of carbonyl (C=O) groups is 1. The summed E-state index contributed by atoms with van der Waals surface area (Å²) >= 11 is 0. The Hall–Kier alpha value is -2.45. The minimum absolute atomic E-state index is 0.00590. The van der Waals surface area contributed by atoms with Crippen molar-refractivity contribution < 1.29 is 22.4 Å². The summed E-state index contributed by atoms with van der Waals surface area (Å²) in [4.78, 5) is 17.2. The van der Waals surface area contributed by atoms with Crippen LogP contribution < -0.4 is 0 Å².